The summed E-state index contributed by atoms with van der Waals surface area (Å²) in [6, 6.07) is 7.44. The summed E-state index contributed by atoms with van der Waals surface area (Å²) in [5.74, 6) is 1.16. The lowest BCUT2D eigenvalue weighted by molar-refractivity contribution is 0.201. The van der Waals surface area contributed by atoms with Gasteiger partial charge in [0.15, 0.2) is 0 Å². The minimum Gasteiger partial charge on any atom is -0.410 e. The number of aryl methyl sites for hydroxylation is 1. The van der Waals surface area contributed by atoms with Crippen LogP contribution in [-0.4, -0.2) is 12.6 Å². The van der Waals surface area contributed by atoms with Crippen molar-refractivity contribution in [3.05, 3.63) is 53.6 Å². The van der Waals surface area contributed by atoms with Crippen molar-refractivity contribution in [2.75, 3.05) is 6.54 Å². The van der Waals surface area contributed by atoms with Crippen LogP contribution in [0.4, 0.5) is 4.79 Å². The molecule has 0 aromatic heterocycles. The summed E-state index contributed by atoms with van der Waals surface area (Å²) in [6.45, 7) is 8.66. The molecule has 0 radical (unpaired) electrons. The molecule has 1 aliphatic carbocycles. The minimum absolute atomic E-state index is 0.401. The molecule has 1 aromatic carbocycles. The standard InChI is InChI=1S/C18H23NO2/c1-13(2)16-8-6-15(7-9-16)12-19-18(20)21-17-10-4-14(3)5-11-17/h4-6,10-11,16H,1,7-9,12H2,2-3H3,(H,19,20). The average Bonchev–Trinajstić information content (AvgIpc) is 2.48. The van der Waals surface area contributed by atoms with E-state index in [2.05, 4.69) is 24.9 Å². The van der Waals surface area contributed by atoms with Crippen LogP contribution in [0, 0.1) is 12.8 Å². The lowest BCUT2D eigenvalue weighted by Crippen LogP contribution is -2.29. The number of amides is 1. The van der Waals surface area contributed by atoms with Gasteiger partial charge < -0.3 is 10.1 Å². The number of hydrogen-bond acceptors (Lipinski definition) is 2. The summed E-state index contributed by atoms with van der Waals surface area (Å²) in [5, 5.41) is 2.81. The van der Waals surface area contributed by atoms with Crippen molar-refractivity contribution < 1.29 is 9.53 Å². The second-order valence-electron chi connectivity index (χ2n) is 5.74. The van der Waals surface area contributed by atoms with Crippen LogP contribution < -0.4 is 10.1 Å². The zero-order valence-electron chi connectivity index (χ0n) is 12.8. The first-order chi connectivity index (χ1) is 10.0. The third-order valence-corrected chi connectivity index (χ3v) is 3.89. The predicted molar refractivity (Wildman–Crippen MR) is 85.4 cm³/mol. The molecule has 1 aliphatic rings. The summed E-state index contributed by atoms with van der Waals surface area (Å²) in [5.41, 5.74) is 3.66. The van der Waals surface area contributed by atoms with E-state index in [9.17, 15) is 4.79 Å². The number of carbonyl (C=O) groups is 1. The number of hydrogen-bond donors (Lipinski definition) is 1. The number of allylic oxidation sites excluding steroid dienone is 2. The maximum absolute atomic E-state index is 11.7. The molecule has 0 heterocycles. The number of ether oxygens (including phenoxy) is 1. The van der Waals surface area contributed by atoms with E-state index in [4.69, 9.17) is 4.74 Å². The Morgan fingerprint density at radius 1 is 1.38 bits per heavy atom. The Hall–Kier alpha value is -2.03. The Labute approximate surface area is 126 Å². The van der Waals surface area contributed by atoms with Gasteiger partial charge in [-0.05, 0) is 51.2 Å². The average molecular weight is 285 g/mol. The van der Waals surface area contributed by atoms with Crippen molar-refractivity contribution in [3.8, 4) is 5.75 Å². The van der Waals surface area contributed by atoms with Gasteiger partial charge in [-0.15, -0.1) is 0 Å². The molecular weight excluding hydrogens is 262 g/mol. The Bertz CT molecular complexity index is 543. The number of carbonyl (C=O) groups excluding carboxylic acids is 1. The Kier molecular flexibility index (Phi) is 5.20. The van der Waals surface area contributed by atoms with Crippen LogP contribution >= 0.6 is 0 Å². The summed E-state index contributed by atoms with van der Waals surface area (Å²) >= 11 is 0. The molecule has 0 saturated heterocycles. The van der Waals surface area contributed by atoms with Crippen LogP contribution in [0.3, 0.4) is 0 Å². The number of benzene rings is 1. The molecule has 3 heteroatoms. The molecule has 0 bridgehead atoms. The van der Waals surface area contributed by atoms with Gasteiger partial charge in [-0.1, -0.05) is 41.5 Å². The molecule has 1 amide bonds. The second kappa shape index (κ2) is 7.11. The van der Waals surface area contributed by atoms with Crippen LogP contribution in [0.1, 0.15) is 31.7 Å². The van der Waals surface area contributed by atoms with Gasteiger partial charge in [-0.3, -0.25) is 0 Å². The van der Waals surface area contributed by atoms with Crippen molar-refractivity contribution in [3.63, 3.8) is 0 Å². The van der Waals surface area contributed by atoms with E-state index in [0.717, 1.165) is 24.8 Å². The normalized spacial score (nSPS) is 17.8. The zero-order valence-corrected chi connectivity index (χ0v) is 12.8. The van der Waals surface area contributed by atoms with Crippen LogP contribution in [0.2, 0.25) is 0 Å². The topological polar surface area (TPSA) is 38.3 Å². The highest BCUT2D eigenvalue weighted by Crippen LogP contribution is 2.27. The fourth-order valence-electron chi connectivity index (χ4n) is 2.43. The maximum Gasteiger partial charge on any atom is 0.412 e. The molecule has 1 aromatic rings. The summed E-state index contributed by atoms with van der Waals surface area (Å²) < 4.78 is 5.23. The van der Waals surface area contributed by atoms with Crippen LogP contribution in [0.25, 0.3) is 0 Å². The largest absolute Gasteiger partial charge is 0.412 e. The molecule has 3 nitrogen and oxygen atoms in total. The van der Waals surface area contributed by atoms with Crippen LogP contribution in [-0.2, 0) is 0 Å². The highest BCUT2D eigenvalue weighted by Gasteiger charge is 2.15. The van der Waals surface area contributed by atoms with Crippen LogP contribution in [0.5, 0.6) is 5.75 Å². The minimum atomic E-state index is -0.401. The van der Waals surface area contributed by atoms with Gasteiger partial charge in [-0.2, -0.15) is 0 Å². The zero-order chi connectivity index (χ0) is 15.2. The molecular formula is C18H23NO2. The molecule has 0 fully saturated rings. The molecule has 112 valence electrons. The third-order valence-electron chi connectivity index (χ3n) is 3.89. The number of rotatable bonds is 4. The van der Waals surface area contributed by atoms with Gasteiger partial charge in [0.1, 0.15) is 5.75 Å². The van der Waals surface area contributed by atoms with E-state index in [0.29, 0.717) is 18.2 Å². The lowest BCUT2D eigenvalue weighted by Gasteiger charge is -2.22. The highest BCUT2D eigenvalue weighted by atomic mass is 16.5. The Morgan fingerprint density at radius 3 is 2.67 bits per heavy atom. The monoisotopic (exact) mass is 285 g/mol. The molecule has 1 unspecified atom stereocenters. The highest BCUT2D eigenvalue weighted by molar-refractivity contribution is 5.70. The van der Waals surface area contributed by atoms with Gasteiger partial charge in [0, 0.05) is 6.54 Å². The molecule has 0 spiro atoms. The van der Waals surface area contributed by atoms with Crippen molar-refractivity contribution in [1.29, 1.82) is 0 Å². The van der Waals surface area contributed by atoms with E-state index in [1.165, 1.54) is 11.1 Å². The number of nitrogens with one attached hydrogen (secondary N) is 1. The summed E-state index contributed by atoms with van der Waals surface area (Å²) in [4.78, 5) is 11.7. The van der Waals surface area contributed by atoms with Crippen molar-refractivity contribution in [2.24, 2.45) is 5.92 Å². The Balaban J connectivity index is 1.77. The molecule has 0 saturated carbocycles. The van der Waals surface area contributed by atoms with Crippen molar-refractivity contribution in [2.45, 2.75) is 33.1 Å². The van der Waals surface area contributed by atoms with Gasteiger partial charge in [-0.25, -0.2) is 4.79 Å². The first kappa shape index (κ1) is 15.4. The molecule has 1 atom stereocenters. The van der Waals surface area contributed by atoms with Crippen molar-refractivity contribution in [1.82, 2.24) is 5.32 Å². The summed E-state index contributed by atoms with van der Waals surface area (Å²) in [6.07, 6.45) is 4.98. The van der Waals surface area contributed by atoms with E-state index in [1.54, 1.807) is 12.1 Å². The van der Waals surface area contributed by atoms with Gasteiger partial charge in [0.25, 0.3) is 0 Å². The van der Waals surface area contributed by atoms with E-state index >= 15 is 0 Å². The predicted octanol–water partition coefficient (Wildman–Crippen LogP) is 4.39. The summed E-state index contributed by atoms with van der Waals surface area (Å²) in [7, 11) is 0. The Morgan fingerprint density at radius 2 is 2.10 bits per heavy atom. The first-order valence-electron chi connectivity index (χ1n) is 7.40. The van der Waals surface area contributed by atoms with E-state index < -0.39 is 6.09 Å². The van der Waals surface area contributed by atoms with E-state index in [1.807, 2.05) is 19.1 Å². The SMILES string of the molecule is C=C(C)C1CC=C(CNC(=O)Oc2ccc(C)cc2)CC1. The van der Waals surface area contributed by atoms with Crippen LogP contribution in [0.15, 0.2) is 48.1 Å². The maximum atomic E-state index is 11.7. The molecule has 2 rings (SSSR count). The molecule has 1 N–H and O–H groups in total. The van der Waals surface area contributed by atoms with Gasteiger partial charge in [0.05, 0.1) is 0 Å². The smallest absolute Gasteiger partial charge is 0.410 e. The first-order valence-corrected chi connectivity index (χ1v) is 7.40. The second-order valence-corrected chi connectivity index (χ2v) is 5.74. The lowest BCUT2D eigenvalue weighted by atomic mass is 9.85. The fourth-order valence-corrected chi connectivity index (χ4v) is 2.43. The van der Waals surface area contributed by atoms with Gasteiger partial charge >= 0.3 is 6.09 Å². The quantitative estimate of drug-likeness (QED) is 0.833. The molecule has 21 heavy (non-hydrogen) atoms. The van der Waals surface area contributed by atoms with Gasteiger partial charge in [0.2, 0.25) is 0 Å². The fraction of sp³-hybridized carbons (Fsp3) is 0.389. The molecule has 0 aliphatic heterocycles. The van der Waals surface area contributed by atoms with E-state index in [-0.39, 0.29) is 0 Å². The third kappa shape index (κ3) is 4.78. The van der Waals surface area contributed by atoms with Crippen molar-refractivity contribution >= 4 is 6.09 Å².